The Morgan fingerprint density at radius 1 is 1.30 bits per heavy atom. The van der Waals surface area contributed by atoms with Gasteiger partial charge in [-0.1, -0.05) is 19.9 Å². The molecule has 0 atom stereocenters. The summed E-state index contributed by atoms with van der Waals surface area (Å²) in [6, 6.07) is 7.45. The Hall–Kier alpha value is -2.48. The van der Waals surface area contributed by atoms with Crippen LogP contribution in [-0.4, -0.2) is 21.4 Å². The molecule has 1 N–H and O–H groups in total. The predicted molar refractivity (Wildman–Crippen MR) is 75.9 cm³/mol. The molecule has 102 valence electrons. The van der Waals surface area contributed by atoms with E-state index in [0.717, 1.165) is 0 Å². The molecule has 2 rings (SSSR count). The molecule has 5 heteroatoms. The lowest BCUT2D eigenvalue weighted by Gasteiger charge is -2.25. The van der Waals surface area contributed by atoms with Gasteiger partial charge >= 0.3 is 0 Å². The van der Waals surface area contributed by atoms with Crippen molar-refractivity contribution in [1.29, 1.82) is 5.26 Å². The van der Waals surface area contributed by atoms with E-state index in [1.54, 1.807) is 30.6 Å². The van der Waals surface area contributed by atoms with E-state index in [4.69, 9.17) is 0 Å². The van der Waals surface area contributed by atoms with Gasteiger partial charge in [-0.15, -0.1) is 0 Å². The molecule has 0 unspecified atom stereocenters. The number of rotatable bonds is 4. The zero-order valence-electron chi connectivity index (χ0n) is 11.6. The number of nitrogens with zero attached hydrogens (tertiary/aromatic N) is 3. The number of nitrogens with one attached hydrogen (secondary N) is 1. The number of benzene rings is 1. The number of amides is 1. The molecule has 0 aliphatic rings. The fourth-order valence-corrected chi connectivity index (χ4v) is 2.07. The molecule has 0 saturated carbocycles. The van der Waals surface area contributed by atoms with Gasteiger partial charge in [0.25, 0.3) is 5.91 Å². The van der Waals surface area contributed by atoms with Crippen molar-refractivity contribution in [3.8, 4) is 6.07 Å². The number of fused-ring (bicyclic) bond motifs is 1. The molecule has 0 aliphatic carbocycles. The Kier molecular flexibility index (Phi) is 3.94. The summed E-state index contributed by atoms with van der Waals surface area (Å²) in [6.07, 6.45) is 4.25. The van der Waals surface area contributed by atoms with Gasteiger partial charge in [-0.25, -0.2) is 0 Å². The van der Waals surface area contributed by atoms with Gasteiger partial charge in [-0.3, -0.25) is 14.8 Å². The minimum atomic E-state index is -0.832. The maximum Gasteiger partial charge on any atom is 0.254 e. The Bertz CT molecular complexity index is 666. The number of carbonyl (C=O) groups excluding carboxylic acids is 1. The van der Waals surface area contributed by atoms with Gasteiger partial charge in [0.1, 0.15) is 11.1 Å². The number of carbonyl (C=O) groups is 1. The molecule has 0 bridgehead atoms. The van der Waals surface area contributed by atoms with Crippen molar-refractivity contribution in [2.45, 2.75) is 32.2 Å². The second-order valence-corrected chi connectivity index (χ2v) is 4.58. The van der Waals surface area contributed by atoms with Crippen molar-refractivity contribution < 1.29 is 4.79 Å². The summed E-state index contributed by atoms with van der Waals surface area (Å²) in [5, 5.41) is 12.1. The third-order valence-electron chi connectivity index (χ3n) is 3.52. The van der Waals surface area contributed by atoms with Crippen LogP contribution in [0.5, 0.6) is 0 Å². The molecule has 1 aromatic heterocycles. The zero-order valence-corrected chi connectivity index (χ0v) is 11.6. The smallest absolute Gasteiger partial charge is 0.254 e. The van der Waals surface area contributed by atoms with E-state index in [9.17, 15) is 10.1 Å². The summed E-state index contributed by atoms with van der Waals surface area (Å²) in [4.78, 5) is 20.8. The highest BCUT2D eigenvalue weighted by Gasteiger charge is 2.28. The van der Waals surface area contributed by atoms with Gasteiger partial charge in [0.15, 0.2) is 0 Å². The van der Waals surface area contributed by atoms with Crippen LogP contribution >= 0.6 is 0 Å². The predicted octanol–water partition coefficient (Wildman–Crippen LogP) is 2.44. The zero-order chi connectivity index (χ0) is 14.6. The van der Waals surface area contributed by atoms with Gasteiger partial charge < -0.3 is 5.32 Å². The molecule has 1 amide bonds. The van der Waals surface area contributed by atoms with Crippen LogP contribution < -0.4 is 5.32 Å². The van der Waals surface area contributed by atoms with Crippen LogP contribution in [0.1, 0.15) is 37.0 Å². The van der Waals surface area contributed by atoms with E-state index >= 15 is 0 Å². The lowest BCUT2D eigenvalue weighted by molar-refractivity contribution is 0.0917. The van der Waals surface area contributed by atoms with Crippen molar-refractivity contribution >= 4 is 16.9 Å². The fraction of sp³-hybridized carbons (Fsp3) is 0.333. The molecular formula is C15H16N4O. The molecule has 0 fully saturated rings. The normalized spacial score (nSPS) is 11.1. The number of aromatic nitrogens is 2. The third kappa shape index (κ3) is 2.45. The number of hydrogen-bond acceptors (Lipinski definition) is 4. The quantitative estimate of drug-likeness (QED) is 0.923. The first-order chi connectivity index (χ1) is 9.65. The topological polar surface area (TPSA) is 78.7 Å². The third-order valence-corrected chi connectivity index (χ3v) is 3.52. The first-order valence-corrected chi connectivity index (χ1v) is 6.59. The van der Waals surface area contributed by atoms with Crippen molar-refractivity contribution in [2.75, 3.05) is 0 Å². The van der Waals surface area contributed by atoms with Crippen molar-refractivity contribution in [2.24, 2.45) is 0 Å². The Balaban J connectivity index is 2.40. The summed E-state index contributed by atoms with van der Waals surface area (Å²) < 4.78 is 0. The molecule has 0 saturated heterocycles. The summed E-state index contributed by atoms with van der Waals surface area (Å²) in [7, 11) is 0. The highest BCUT2D eigenvalue weighted by Crippen LogP contribution is 2.18. The molecular weight excluding hydrogens is 252 g/mol. The van der Waals surface area contributed by atoms with E-state index in [1.807, 2.05) is 13.8 Å². The monoisotopic (exact) mass is 268 g/mol. The standard InChI is InChI=1S/C15H16N4O/c1-3-15(4-2,10-16)19-14(20)11-6-5-7-12-13(11)18-9-8-17-12/h5-9H,3-4H2,1-2H3,(H,19,20). The molecule has 1 aromatic carbocycles. The van der Waals surface area contributed by atoms with Crippen molar-refractivity contribution in [3.05, 3.63) is 36.2 Å². The largest absolute Gasteiger partial charge is 0.334 e. The molecule has 0 radical (unpaired) electrons. The molecule has 0 spiro atoms. The van der Waals surface area contributed by atoms with Gasteiger partial charge in [-0.2, -0.15) is 5.26 Å². The number of hydrogen-bond donors (Lipinski definition) is 1. The average molecular weight is 268 g/mol. The van der Waals surface area contributed by atoms with Crippen LogP contribution in [0.15, 0.2) is 30.6 Å². The van der Waals surface area contributed by atoms with Crippen LogP contribution in [-0.2, 0) is 0 Å². The number of nitriles is 1. The van der Waals surface area contributed by atoms with Gasteiger partial charge in [0.05, 0.1) is 17.1 Å². The Morgan fingerprint density at radius 3 is 2.65 bits per heavy atom. The summed E-state index contributed by atoms with van der Waals surface area (Å²) in [6.45, 7) is 3.77. The Morgan fingerprint density at radius 2 is 2.00 bits per heavy atom. The molecule has 2 aromatic rings. The molecule has 5 nitrogen and oxygen atoms in total. The van der Waals surface area contributed by atoms with Crippen LogP contribution in [0, 0.1) is 11.3 Å². The molecule has 20 heavy (non-hydrogen) atoms. The fourth-order valence-electron chi connectivity index (χ4n) is 2.07. The van der Waals surface area contributed by atoms with Crippen molar-refractivity contribution in [1.82, 2.24) is 15.3 Å². The molecule has 0 aliphatic heterocycles. The Labute approximate surface area is 117 Å². The van der Waals surface area contributed by atoms with Gasteiger partial charge in [0.2, 0.25) is 0 Å². The minimum Gasteiger partial charge on any atom is -0.334 e. The van der Waals surface area contributed by atoms with Crippen LogP contribution in [0.25, 0.3) is 11.0 Å². The maximum absolute atomic E-state index is 12.4. The second kappa shape index (κ2) is 5.66. The van der Waals surface area contributed by atoms with E-state index in [1.165, 1.54) is 0 Å². The van der Waals surface area contributed by atoms with E-state index in [0.29, 0.717) is 29.4 Å². The average Bonchev–Trinajstić information content (AvgIpc) is 2.52. The van der Waals surface area contributed by atoms with E-state index in [-0.39, 0.29) is 5.91 Å². The number of para-hydroxylation sites is 1. The first-order valence-electron chi connectivity index (χ1n) is 6.59. The summed E-state index contributed by atoms with van der Waals surface area (Å²) >= 11 is 0. The summed E-state index contributed by atoms with van der Waals surface area (Å²) in [5.41, 5.74) is 0.820. The lowest BCUT2D eigenvalue weighted by Crippen LogP contribution is -2.46. The van der Waals surface area contributed by atoms with E-state index in [2.05, 4.69) is 21.4 Å². The minimum absolute atomic E-state index is 0.290. The van der Waals surface area contributed by atoms with E-state index < -0.39 is 5.54 Å². The van der Waals surface area contributed by atoms with Gasteiger partial charge in [0, 0.05) is 12.4 Å². The highest BCUT2D eigenvalue weighted by atomic mass is 16.1. The highest BCUT2D eigenvalue weighted by molar-refractivity contribution is 6.05. The van der Waals surface area contributed by atoms with Crippen LogP contribution in [0.3, 0.4) is 0 Å². The van der Waals surface area contributed by atoms with Crippen molar-refractivity contribution in [3.63, 3.8) is 0 Å². The first kappa shape index (κ1) is 13.9. The van der Waals surface area contributed by atoms with Gasteiger partial charge in [-0.05, 0) is 25.0 Å². The van der Waals surface area contributed by atoms with Crippen LogP contribution in [0.4, 0.5) is 0 Å². The summed E-state index contributed by atoms with van der Waals surface area (Å²) in [5.74, 6) is -0.290. The SMILES string of the molecule is CCC(C#N)(CC)NC(=O)c1cccc2nccnc12. The molecule has 1 heterocycles. The lowest BCUT2D eigenvalue weighted by atomic mass is 9.94. The second-order valence-electron chi connectivity index (χ2n) is 4.58. The van der Waals surface area contributed by atoms with Crippen LogP contribution in [0.2, 0.25) is 0 Å². The maximum atomic E-state index is 12.4.